The predicted molar refractivity (Wildman–Crippen MR) is 69.7 cm³/mol. The van der Waals surface area contributed by atoms with Crippen LogP contribution in [-0.2, 0) is 6.54 Å². The molecule has 2 heterocycles. The molecular weight excluding hydrogens is 234 g/mol. The van der Waals surface area contributed by atoms with Gasteiger partial charge < -0.3 is 10.1 Å². The molecule has 4 nitrogen and oxygen atoms in total. The summed E-state index contributed by atoms with van der Waals surface area (Å²) in [6.45, 7) is 4.74. The smallest absolute Gasteiger partial charge is 0.160 e. The van der Waals surface area contributed by atoms with Crippen LogP contribution in [0.15, 0.2) is 17.8 Å². The van der Waals surface area contributed by atoms with Crippen molar-refractivity contribution in [2.75, 3.05) is 12.4 Å². The van der Waals surface area contributed by atoms with Gasteiger partial charge in [-0.25, -0.2) is 4.98 Å². The van der Waals surface area contributed by atoms with Gasteiger partial charge >= 0.3 is 0 Å². The molecule has 0 aromatic carbocycles. The first-order chi connectivity index (χ1) is 8.20. The fraction of sp³-hybridized carbons (Fsp3) is 0.333. The third kappa shape index (κ3) is 2.74. The maximum atomic E-state index is 5.26. The SMILES string of the molecule is COc1cnc(C)cc1NCc1scnc1C. The molecule has 0 amide bonds. The molecule has 0 atom stereocenters. The van der Waals surface area contributed by atoms with Crippen molar-refractivity contribution < 1.29 is 4.74 Å². The van der Waals surface area contributed by atoms with E-state index in [0.717, 1.165) is 29.4 Å². The van der Waals surface area contributed by atoms with E-state index < -0.39 is 0 Å². The number of hydrogen-bond donors (Lipinski definition) is 1. The number of aryl methyl sites for hydroxylation is 2. The van der Waals surface area contributed by atoms with E-state index in [1.807, 2.05) is 25.4 Å². The van der Waals surface area contributed by atoms with Crippen LogP contribution >= 0.6 is 11.3 Å². The van der Waals surface area contributed by atoms with Crippen LogP contribution in [0.2, 0.25) is 0 Å². The standard InChI is InChI=1S/C12H15N3OS/c1-8-4-10(11(16-3)5-13-8)14-6-12-9(2)15-7-17-12/h4-5,7H,6H2,1-3H3,(H,13,14). The fourth-order valence-corrected chi connectivity index (χ4v) is 2.24. The summed E-state index contributed by atoms with van der Waals surface area (Å²) in [5.41, 5.74) is 4.87. The van der Waals surface area contributed by atoms with E-state index in [0.29, 0.717) is 0 Å². The van der Waals surface area contributed by atoms with Gasteiger partial charge in [0.25, 0.3) is 0 Å². The van der Waals surface area contributed by atoms with E-state index in [9.17, 15) is 0 Å². The second-order valence-corrected chi connectivity index (χ2v) is 4.68. The molecule has 0 spiro atoms. The van der Waals surface area contributed by atoms with Crippen molar-refractivity contribution in [2.24, 2.45) is 0 Å². The van der Waals surface area contributed by atoms with Crippen LogP contribution in [0, 0.1) is 13.8 Å². The summed E-state index contributed by atoms with van der Waals surface area (Å²) >= 11 is 1.66. The molecule has 0 aliphatic carbocycles. The molecule has 0 aliphatic heterocycles. The van der Waals surface area contributed by atoms with Crippen molar-refractivity contribution in [3.05, 3.63) is 34.0 Å². The Bertz CT molecular complexity index is 510. The molecule has 2 rings (SSSR count). The lowest BCUT2D eigenvalue weighted by Crippen LogP contribution is -2.02. The Morgan fingerprint density at radius 2 is 2.18 bits per heavy atom. The summed E-state index contributed by atoms with van der Waals surface area (Å²) < 4.78 is 5.26. The number of methoxy groups -OCH3 is 1. The van der Waals surface area contributed by atoms with Gasteiger partial charge in [-0.1, -0.05) is 0 Å². The molecule has 0 bridgehead atoms. The Balaban J connectivity index is 2.13. The number of thiazole rings is 1. The number of aromatic nitrogens is 2. The molecule has 0 fully saturated rings. The Morgan fingerprint density at radius 1 is 1.35 bits per heavy atom. The molecule has 0 aliphatic rings. The van der Waals surface area contributed by atoms with Crippen molar-refractivity contribution in [1.82, 2.24) is 9.97 Å². The average molecular weight is 249 g/mol. The third-order valence-corrected chi connectivity index (χ3v) is 3.44. The molecule has 0 unspecified atom stereocenters. The zero-order valence-electron chi connectivity index (χ0n) is 10.2. The van der Waals surface area contributed by atoms with E-state index in [4.69, 9.17) is 4.74 Å². The van der Waals surface area contributed by atoms with Gasteiger partial charge in [0.2, 0.25) is 0 Å². The minimum absolute atomic E-state index is 0.760. The van der Waals surface area contributed by atoms with E-state index in [1.165, 1.54) is 4.88 Å². The van der Waals surface area contributed by atoms with E-state index in [1.54, 1.807) is 24.6 Å². The van der Waals surface area contributed by atoms with Crippen LogP contribution < -0.4 is 10.1 Å². The summed E-state index contributed by atoms with van der Waals surface area (Å²) in [4.78, 5) is 9.66. The molecule has 0 radical (unpaired) electrons. The number of pyridine rings is 1. The summed E-state index contributed by atoms with van der Waals surface area (Å²) in [6, 6.07) is 1.98. The second kappa shape index (κ2) is 5.14. The van der Waals surface area contributed by atoms with Gasteiger partial charge in [0.1, 0.15) is 0 Å². The lowest BCUT2D eigenvalue weighted by Gasteiger charge is -2.10. The zero-order chi connectivity index (χ0) is 12.3. The fourth-order valence-electron chi connectivity index (χ4n) is 1.52. The van der Waals surface area contributed by atoms with Crippen molar-refractivity contribution in [3.63, 3.8) is 0 Å². The topological polar surface area (TPSA) is 47.0 Å². The number of nitrogens with one attached hydrogen (secondary N) is 1. The summed E-state index contributed by atoms with van der Waals surface area (Å²) in [6.07, 6.45) is 1.73. The first-order valence-electron chi connectivity index (χ1n) is 5.34. The number of ether oxygens (including phenoxy) is 1. The van der Waals surface area contributed by atoms with E-state index >= 15 is 0 Å². The molecule has 17 heavy (non-hydrogen) atoms. The summed E-state index contributed by atoms with van der Waals surface area (Å²) in [7, 11) is 1.65. The van der Waals surface area contributed by atoms with Crippen molar-refractivity contribution in [1.29, 1.82) is 0 Å². The molecule has 2 aromatic rings. The minimum Gasteiger partial charge on any atom is -0.493 e. The second-order valence-electron chi connectivity index (χ2n) is 3.74. The van der Waals surface area contributed by atoms with Crippen LogP contribution in [0.1, 0.15) is 16.3 Å². The predicted octanol–water partition coefficient (Wildman–Crippen LogP) is 2.78. The number of hydrogen-bond acceptors (Lipinski definition) is 5. The highest BCUT2D eigenvalue weighted by atomic mass is 32.1. The van der Waals surface area contributed by atoms with Crippen molar-refractivity contribution in [3.8, 4) is 5.75 Å². The summed E-state index contributed by atoms with van der Waals surface area (Å²) in [5, 5.41) is 3.35. The highest BCUT2D eigenvalue weighted by Crippen LogP contribution is 2.25. The lowest BCUT2D eigenvalue weighted by atomic mass is 10.3. The normalized spacial score (nSPS) is 10.3. The summed E-state index contributed by atoms with van der Waals surface area (Å²) in [5.74, 6) is 0.762. The van der Waals surface area contributed by atoms with Crippen molar-refractivity contribution >= 4 is 17.0 Å². The Labute approximate surface area is 105 Å². The monoisotopic (exact) mass is 249 g/mol. The van der Waals surface area contributed by atoms with Gasteiger partial charge in [-0.3, -0.25) is 4.98 Å². The van der Waals surface area contributed by atoms with Gasteiger partial charge in [-0.2, -0.15) is 0 Å². The van der Waals surface area contributed by atoms with Gasteiger partial charge in [-0.15, -0.1) is 11.3 Å². The number of nitrogens with zero attached hydrogens (tertiary/aromatic N) is 2. The first kappa shape index (κ1) is 11.9. The number of anilines is 1. The van der Waals surface area contributed by atoms with Crippen LogP contribution in [-0.4, -0.2) is 17.1 Å². The lowest BCUT2D eigenvalue weighted by molar-refractivity contribution is 0.414. The molecule has 1 N–H and O–H groups in total. The van der Waals surface area contributed by atoms with Gasteiger partial charge in [-0.05, 0) is 19.9 Å². The van der Waals surface area contributed by atoms with Crippen LogP contribution in [0.5, 0.6) is 5.75 Å². The van der Waals surface area contributed by atoms with Crippen LogP contribution in [0.25, 0.3) is 0 Å². The van der Waals surface area contributed by atoms with Crippen LogP contribution in [0.3, 0.4) is 0 Å². The average Bonchev–Trinajstić information content (AvgIpc) is 2.72. The van der Waals surface area contributed by atoms with Crippen molar-refractivity contribution in [2.45, 2.75) is 20.4 Å². The Hall–Kier alpha value is -1.62. The molecule has 0 saturated carbocycles. The highest BCUT2D eigenvalue weighted by molar-refractivity contribution is 7.09. The highest BCUT2D eigenvalue weighted by Gasteiger charge is 2.06. The van der Waals surface area contributed by atoms with E-state index in [2.05, 4.69) is 15.3 Å². The van der Waals surface area contributed by atoms with Crippen LogP contribution in [0.4, 0.5) is 5.69 Å². The molecule has 90 valence electrons. The van der Waals surface area contributed by atoms with Gasteiger partial charge in [0.15, 0.2) is 5.75 Å². The van der Waals surface area contributed by atoms with E-state index in [-0.39, 0.29) is 0 Å². The first-order valence-corrected chi connectivity index (χ1v) is 6.22. The quantitative estimate of drug-likeness (QED) is 0.905. The maximum Gasteiger partial charge on any atom is 0.160 e. The Kier molecular flexibility index (Phi) is 3.58. The third-order valence-electron chi connectivity index (χ3n) is 2.51. The van der Waals surface area contributed by atoms with Gasteiger partial charge in [0.05, 0.1) is 36.7 Å². The zero-order valence-corrected chi connectivity index (χ0v) is 11.0. The molecule has 0 saturated heterocycles. The Morgan fingerprint density at radius 3 is 2.82 bits per heavy atom. The van der Waals surface area contributed by atoms with Gasteiger partial charge in [0, 0.05) is 10.6 Å². The molecular formula is C12H15N3OS. The number of rotatable bonds is 4. The molecule has 5 heteroatoms. The molecule has 2 aromatic heterocycles. The largest absolute Gasteiger partial charge is 0.493 e. The maximum absolute atomic E-state index is 5.26. The minimum atomic E-state index is 0.760.